The molecule has 1 amide bonds. The second-order valence-corrected chi connectivity index (χ2v) is 9.10. The van der Waals surface area contributed by atoms with Crippen LogP contribution in [0.4, 0.5) is 0 Å². The van der Waals surface area contributed by atoms with Gasteiger partial charge in [-0.25, -0.2) is 0 Å². The van der Waals surface area contributed by atoms with Crippen molar-refractivity contribution in [3.63, 3.8) is 0 Å². The van der Waals surface area contributed by atoms with Crippen LogP contribution in [-0.4, -0.2) is 66.2 Å². The molecule has 6 rings (SSSR count). The Morgan fingerprint density at radius 2 is 1.86 bits per heavy atom. The highest BCUT2D eigenvalue weighted by Crippen LogP contribution is 2.43. The SMILES string of the molecule is Cc1noc(C)c1CCC(=O)N[C@@H]1C2CN3CCN(C2)CC1(c1ccccc1)C3. The number of benzene rings is 1. The molecule has 4 aliphatic heterocycles. The van der Waals surface area contributed by atoms with Crippen molar-refractivity contribution in [2.24, 2.45) is 5.92 Å². The second-order valence-electron chi connectivity index (χ2n) is 9.10. The van der Waals surface area contributed by atoms with Gasteiger partial charge in [-0.2, -0.15) is 0 Å². The van der Waals surface area contributed by atoms with Crippen molar-refractivity contribution in [3.05, 3.63) is 52.9 Å². The summed E-state index contributed by atoms with van der Waals surface area (Å²) < 4.78 is 5.25. The van der Waals surface area contributed by atoms with Crippen LogP contribution in [0.25, 0.3) is 0 Å². The van der Waals surface area contributed by atoms with Gasteiger partial charge in [0, 0.05) is 68.6 Å². The molecule has 4 saturated heterocycles. The van der Waals surface area contributed by atoms with Gasteiger partial charge >= 0.3 is 0 Å². The first kappa shape index (κ1) is 18.8. The zero-order chi connectivity index (χ0) is 20.0. The number of aryl methyl sites for hydroxylation is 2. The minimum Gasteiger partial charge on any atom is -0.361 e. The van der Waals surface area contributed by atoms with E-state index in [-0.39, 0.29) is 17.4 Å². The van der Waals surface area contributed by atoms with E-state index in [9.17, 15) is 4.79 Å². The molecule has 0 saturated carbocycles. The quantitative estimate of drug-likeness (QED) is 0.839. The van der Waals surface area contributed by atoms with E-state index in [0.717, 1.165) is 56.3 Å². The van der Waals surface area contributed by atoms with E-state index in [2.05, 4.69) is 50.6 Å². The molecule has 3 atom stereocenters. The van der Waals surface area contributed by atoms with Crippen LogP contribution in [0.2, 0.25) is 0 Å². The maximum absolute atomic E-state index is 13.0. The maximum Gasteiger partial charge on any atom is 0.220 e. The maximum atomic E-state index is 13.0. The zero-order valence-corrected chi connectivity index (χ0v) is 17.4. The van der Waals surface area contributed by atoms with Crippen LogP contribution in [0.3, 0.4) is 0 Å². The Balaban J connectivity index is 1.38. The number of aromatic nitrogens is 1. The fraction of sp³-hybridized carbons (Fsp3) is 0.565. The van der Waals surface area contributed by atoms with Crippen molar-refractivity contribution in [2.45, 2.75) is 38.1 Å². The normalized spacial score (nSPS) is 32.9. The zero-order valence-electron chi connectivity index (χ0n) is 17.4. The molecule has 1 N–H and O–H groups in total. The standard InChI is InChI=1S/C23H30N4O2/c1-16-20(17(2)29-25-16)8-9-21(28)24-22-18-12-26-10-11-27(13-18)15-23(22,14-26)19-6-4-3-5-7-19/h3-7,18,22H,8-15H2,1-2H3,(H,24,28)/t18?,22-,23?/m1/s1. The lowest BCUT2D eigenvalue weighted by atomic mass is 9.64. The highest BCUT2D eigenvalue weighted by atomic mass is 16.5. The smallest absolute Gasteiger partial charge is 0.220 e. The molecule has 1 aromatic heterocycles. The van der Waals surface area contributed by atoms with Crippen LogP contribution < -0.4 is 5.32 Å². The number of amides is 1. The predicted molar refractivity (Wildman–Crippen MR) is 111 cm³/mol. The van der Waals surface area contributed by atoms with Gasteiger partial charge in [-0.05, 0) is 25.8 Å². The van der Waals surface area contributed by atoms with Gasteiger partial charge in [-0.15, -0.1) is 0 Å². The average Bonchev–Trinajstić information content (AvgIpc) is 2.87. The van der Waals surface area contributed by atoms with Gasteiger partial charge in [0.1, 0.15) is 5.76 Å². The molecule has 6 heteroatoms. The molecule has 2 unspecified atom stereocenters. The molecule has 6 nitrogen and oxygen atoms in total. The van der Waals surface area contributed by atoms with Crippen LogP contribution in [0.5, 0.6) is 0 Å². The second kappa shape index (κ2) is 7.26. The topological polar surface area (TPSA) is 61.6 Å². The molecule has 4 fully saturated rings. The molecule has 2 aromatic rings. The predicted octanol–water partition coefficient (Wildman–Crippen LogP) is 1.91. The van der Waals surface area contributed by atoms with Crippen molar-refractivity contribution in [2.75, 3.05) is 39.3 Å². The van der Waals surface area contributed by atoms with Gasteiger partial charge < -0.3 is 19.6 Å². The Morgan fingerprint density at radius 1 is 1.17 bits per heavy atom. The number of piperidine rings is 2. The number of nitrogens with one attached hydrogen (secondary N) is 1. The van der Waals surface area contributed by atoms with Crippen LogP contribution in [-0.2, 0) is 16.6 Å². The van der Waals surface area contributed by atoms with Gasteiger partial charge in [0.25, 0.3) is 0 Å². The van der Waals surface area contributed by atoms with E-state index in [4.69, 9.17) is 4.52 Å². The molecule has 154 valence electrons. The van der Waals surface area contributed by atoms with Gasteiger partial charge in [0.2, 0.25) is 5.91 Å². The Kier molecular flexibility index (Phi) is 4.71. The van der Waals surface area contributed by atoms with E-state index >= 15 is 0 Å². The van der Waals surface area contributed by atoms with E-state index < -0.39 is 0 Å². The number of fused-ring (bicyclic) bond motifs is 1. The molecule has 0 radical (unpaired) electrons. The van der Waals surface area contributed by atoms with Crippen molar-refractivity contribution >= 4 is 5.91 Å². The monoisotopic (exact) mass is 394 g/mol. The lowest BCUT2D eigenvalue weighted by molar-refractivity contribution is -0.124. The Morgan fingerprint density at radius 3 is 2.48 bits per heavy atom. The summed E-state index contributed by atoms with van der Waals surface area (Å²) in [7, 11) is 0. The van der Waals surface area contributed by atoms with E-state index in [1.54, 1.807) is 0 Å². The summed E-state index contributed by atoms with van der Waals surface area (Å²) in [6.45, 7) is 10.4. The molecular weight excluding hydrogens is 364 g/mol. The van der Waals surface area contributed by atoms with Crippen molar-refractivity contribution in [1.82, 2.24) is 20.3 Å². The lowest BCUT2D eigenvalue weighted by Gasteiger charge is -2.55. The fourth-order valence-corrected chi connectivity index (χ4v) is 5.91. The third kappa shape index (κ3) is 3.28. The van der Waals surface area contributed by atoms with Gasteiger partial charge in [0.05, 0.1) is 5.69 Å². The average molecular weight is 395 g/mol. The Hall–Kier alpha value is -2.18. The first-order chi connectivity index (χ1) is 14.0. The summed E-state index contributed by atoms with van der Waals surface area (Å²) >= 11 is 0. The highest BCUT2D eigenvalue weighted by molar-refractivity contribution is 5.77. The van der Waals surface area contributed by atoms with Crippen molar-refractivity contribution in [3.8, 4) is 0 Å². The highest BCUT2D eigenvalue weighted by Gasteiger charge is 2.55. The summed E-state index contributed by atoms with van der Waals surface area (Å²) in [5.41, 5.74) is 3.29. The molecule has 5 heterocycles. The number of rotatable bonds is 5. The molecule has 1 aromatic carbocycles. The van der Waals surface area contributed by atoms with Crippen LogP contribution in [0.15, 0.2) is 34.9 Å². The third-order valence-electron chi connectivity index (χ3n) is 7.24. The molecule has 4 aliphatic rings. The number of hydrogen-bond acceptors (Lipinski definition) is 5. The summed E-state index contributed by atoms with van der Waals surface area (Å²) in [5.74, 6) is 1.44. The molecule has 29 heavy (non-hydrogen) atoms. The van der Waals surface area contributed by atoms with Gasteiger partial charge in [0.15, 0.2) is 0 Å². The minimum atomic E-state index is -0.0301. The summed E-state index contributed by atoms with van der Waals surface area (Å²) in [6.07, 6.45) is 1.16. The van der Waals surface area contributed by atoms with Crippen molar-refractivity contribution in [1.29, 1.82) is 0 Å². The molecule has 4 bridgehead atoms. The lowest BCUT2D eigenvalue weighted by Crippen LogP contribution is -2.70. The molecule has 0 spiro atoms. The van der Waals surface area contributed by atoms with Crippen LogP contribution in [0.1, 0.15) is 29.0 Å². The number of carbonyl (C=O) groups is 1. The number of nitrogens with zero attached hydrogens (tertiary/aromatic N) is 3. The first-order valence-corrected chi connectivity index (χ1v) is 10.8. The van der Waals surface area contributed by atoms with E-state index in [1.807, 2.05) is 13.8 Å². The number of hydrogen-bond donors (Lipinski definition) is 1. The summed E-state index contributed by atoms with van der Waals surface area (Å²) in [4.78, 5) is 18.2. The van der Waals surface area contributed by atoms with Gasteiger partial charge in [-0.1, -0.05) is 35.5 Å². The van der Waals surface area contributed by atoms with Crippen LogP contribution in [0, 0.1) is 19.8 Å². The van der Waals surface area contributed by atoms with E-state index in [1.165, 1.54) is 5.56 Å². The summed E-state index contributed by atoms with van der Waals surface area (Å²) in [6, 6.07) is 11.0. The first-order valence-electron chi connectivity index (χ1n) is 10.8. The number of carbonyl (C=O) groups excluding carboxylic acids is 1. The minimum absolute atomic E-state index is 0.0301. The van der Waals surface area contributed by atoms with Crippen molar-refractivity contribution < 1.29 is 9.32 Å². The third-order valence-corrected chi connectivity index (χ3v) is 7.24. The molecule has 0 aliphatic carbocycles. The van der Waals surface area contributed by atoms with E-state index in [0.29, 0.717) is 18.8 Å². The largest absolute Gasteiger partial charge is 0.361 e. The fourth-order valence-electron chi connectivity index (χ4n) is 5.91. The van der Waals surface area contributed by atoms with Gasteiger partial charge in [-0.3, -0.25) is 4.79 Å². The van der Waals surface area contributed by atoms with Crippen LogP contribution >= 0.6 is 0 Å². The summed E-state index contributed by atoms with van der Waals surface area (Å²) in [5, 5.41) is 7.50. The Bertz CT molecular complexity index is 858. The Labute approximate surface area is 172 Å². The molecular formula is C23H30N4O2.